The molecule has 0 N–H and O–H groups in total. The minimum Gasteiger partial charge on any atom is -0.103 e. The third-order valence-corrected chi connectivity index (χ3v) is 16.7. The summed E-state index contributed by atoms with van der Waals surface area (Å²) in [6.45, 7) is 2.78. The van der Waals surface area contributed by atoms with E-state index in [1.807, 2.05) is 0 Å². The summed E-state index contributed by atoms with van der Waals surface area (Å²) in [5.74, 6) is 3.46. The van der Waals surface area contributed by atoms with Gasteiger partial charge in [-0.25, -0.2) is 0 Å². The molecule has 0 nitrogen and oxygen atoms in total. The smallest absolute Gasteiger partial charge is 0.00888 e. The van der Waals surface area contributed by atoms with Crippen LogP contribution in [0.2, 0.25) is 0 Å². The molecule has 0 aliphatic heterocycles. The first-order valence-corrected chi connectivity index (χ1v) is 16.3. The lowest BCUT2D eigenvalue weighted by molar-refractivity contribution is 0.0357. The van der Waals surface area contributed by atoms with Crippen LogP contribution in [0.1, 0.15) is 103 Å². The Morgan fingerprint density at radius 2 is 1.07 bits per heavy atom. The van der Waals surface area contributed by atoms with Crippen molar-refractivity contribution in [2.24, 2.45) is 17.8 Å². The van der Waals surface area contributed by atoms with Crippen LogP contribution in [0.3, 0.4) is 0 Å². The van der Waals surface area contributed by atoms with Crippen molar-refractivity contribution in [1.29, 1.82) is 0 Å². The molecule has 0 aromatic carbocycles. The molecule has 6 fully saturated rings. The van der Waals surface area contributed by atoms with E-state index < -0.39 is 0 Å². The first-order chi connectivity index (χ1) is 13.2. The second kappa shape index (κ2) is 8.54. The zero-order valence-electron chi connectivity index (χ0n) is 18.0. The van der Waals surface area contributed by atoms with Gasteiger partial charge in [-0.05, 0) is 117 Å². The van der Waals surface area contributed by atoms with Crippen LogP contribution in [0, 0.1) is 17.8 Å². The van der Waals surface area contributed by atoms with Gasteiger partial charge in [0.1, 0.15) is 0 Å². The van der Waals surface area contributed by atoms with E-state index in [0.29, 0.717) is 7.92 Å². The fourth-order valence-electron chi connectivity index (χ4n) is 8.52. The SMILES string of the molecule is CP(CCP(C1CCCCC1)C1CCCCC1)C12CC3CC(CC(C3)C1)C2. The van der Waals surface area contributed by atoms with Gasteiger partial charge in [0, 0.05) is 0 Å². The maximum atomic E-state index is 2.78. The quantitative estimate of drug-likeness (QED) is 0.390. The fourth-order valence-corrected chi connectivity index (χ4v) is 16.2. The molecule has 1 atom stereocenters. The van der Waals surface area contributed by atoms with Crippen LogP contribution < -0.4 is 0 Å². The molecule has 0 amide bonds. The van der Waals surface area contributed by atoms with E-state index in [1.54, 1.807) is 102 Å². The second-order valence-electron chi connectivity index (χ2n) is 11.4. The largest absolute Gasteiger partial charge is 0.103 e. The molecular formula is C25H44P2. The normalized spacial score (nSPS) is 41.3. The van der Waals surface area contributed by atoms with Crippen LogP contribution in [0.25, 0.3) is 0 Å². The average molecular weight is 407 g/mol. The van der Waals surface area contributed by atoms with Gasteiger partial charge in [0.15, 0.2) is 0 Å². The predicted octanol–water partition coefficient (Wildman–Crippen LogP) is 8.21. The third kappa shape index (κ3) is 4.20. The zero-order chi connectivity index (χ0) is 18.3. The lowest BCUT2D eigenvalue weighted by Gasteiger charge is -2.59. The summed E-state index contributed by atoms with van der Waals surface area (Å²) in [6.07, 6.45) is 29.0. The van der Waals surface area contributed by atoms with Crippen LogP contribution in [-0.2, 0) is 0 Å². The van der Waals surface area contributed by atoms with Gasteiger partial charge in [-0.15, -0.1) is 7.92 Å². The van der Waals surface area contributed by atoms with E-state index in [9.17, 15) is 0 Å². The van der Waals surface area contributed by atoms with Crippen LogP contribution in [0.5, 0.6) is 0 Å². The van der Waals surface area contributed by atoms with Crippen molar-refractivity contribution in [3.63, 3.8) is 0 Å². The van der Waals surface area contributed by atoms with Gasteiger partial charge in [-0.2, -0.15) is 0 Å². The van der Waals surface area contributed by atoms with Gasteiger partial charge in [0.05, 0.1) is 0 Å². The lowest BCUT2D eigenvalue weighted by Crippen LogP contribution is -2.49. The molecule has 6 saturated carbocycles. The van der Waals surface area contributed by atoms with Crippen LogP contribution >= 0.6 is 15.8 Å². The molecule has 4 bridgehead atoms. The van der Waals surface area contributed by atoms with Crippen molar-refractivity contribution in [3.8, 4) is 0 Å². The Labute approximate surface area is 171 Å². The Morgan fingerprint density at radius 3 is 1.52 bits per heavy atom. The van der Waals surface area contributed by atoms with E-state index in [-0.39, 0.29) is 7.92 Å². The van der Waals surface area contributed by atoms with Crippen LogP contribution in [-0.4, -0.2) is 35.5 Å². The topological polar surface area (TPSA) is 0 Å². The summed E-state index contributed by atoms with van der Waals surface area (Å²) in [7, 11) is 0.632. The summed E-state index contributed by atoms with van der Waals surface area (Å²) in [6, 6.07) is 0. The Balaban J connectivity index is 1.24. The third-order valence-electron chi connectivity index (χ3n) is 9.60. The van der Waals surface area contributed by atoms with Gasteiger partial charge in [0.25, 0.3) is 0 Å². The van der Waals surface area contributed by atoms with E-state index in [0.717, 1.165) is 22.9 Å². The van der Waals surface area contributed by atoms with Crippen LogP contribution in [0.15, 0.2) is 0 Å². The standard InChI is InChI=1S/C25H44P2/c1-26(25-17-20-14-21(18-25)16-22(15-20)19-25)12-13-27(23-8-4-2-5-9-23)24-10-6-3-7-11-24/h20-24H,2-19H2,1H3. The fraction of sp³-hybridized carbons (Fsp3) is 1.00. The van der Waals surface area contributed by atoms with Gasteiger partial charge in [-0.3, -0.25) is 0 Å². The molecule has 6 rings (SSSR count). The lowest BCUT2D eigenvalue weighted by atomic mass is 9.56. The number of hydrogen-bond acceptors (Lipinski definition) is 0. The molecule has 6 aliphatic rings. The highest BCUT2D eigenvalue weighted by atomic mass is 31.1. The monoisotopic (exact) mass is 406 g/mol. The molecule has 0 spiro atoms. The minimum atomic E-state index is 0.287. The molecule has 1 unspecified atom stereocenters. The summed E-state index contributed by atoms with van der Waals surface area (Å²) in [4.78, 5) is 0. The maximum absolute atomic E-state index is 2.78. The predicted molar refractivity (Wildman–Crippen MR) is 124 cm³/mol. The Morgan fingerprint density at radius 1 is 0.630 bits per heavy atom. The molecule has 2 heteroatoms. The summed E-state index contributed by atoms with van der Waals surface area (Å²) < 4.78 is 0. The first kappa shape index (κ1) is 19.8. The molecule has 0 aromatic heterocycles. The highest BCUT2D eigenvalue weighted by Gasteiger charge is 2.52. The van der Waals surface area contributed by atoms with E-state index in [1.165, 1.54) is 24.2 Å². The van der Waals surface area contributed by atoms with Crippen molar-refractivity contribution in [3.05, 3.63) is 0 Å². The molecule has 0 radical (unpaired) electrons. The van der Waals surface area contributed by atoms with Gasteiger partial charge >= 0.3 is 0 Å². The maximum Gasteiger partial charge on any atom is -0.00888 e. The van der Waals surface area contributed by atoms with E-state index >= 15 is 0 Å². The molecule has 0 aromatic rings. The summed E-state index contributed by atoms with van der Waals surface area (Å²) in [5, 5.41) is 0.865. The number of rotatable bonds is 6. The van der Waals surface area contributed by atoms with E-state index in [4.69, 9.17) is 0 Å². The molecule has 27 heavy (non-hydrogen) atoms. The molecule has 6 aliphatic carbocycles. The Bertz CT molecular complexity index is 435. The Kier molecular flexibility index (Phi) is 6.26. The summed E-state index contributed by atoms with van der Waals surface area (Å²) in [5.41, 5.74) is 2.35. The van der Waals surface area contributed by atoms with Gasteiger partial charge in [-0.1, -0.05) is 46.4 Å². The average Bonchev–Trinajstić information content (AvgIpc) is 2.69. The van der Waals surface area contributed by atoms with Crippen molar-refractivity contribution >= 4 is 15.8 Å². The van der Waals surface area contributed by atoms with Gasteiger partial charge in [0.2, 0.25) is 0 Å². The van der Waals surface area contributed by atoms with Crippen LogP contribution in [0.4, 0.5) is 0 Å². The second-order valence-corrected chi connectivity index (χ2v) is 17.1. The molecular weight excluding hydrogens is 362 g/mol. The zero-order valence-corrected chi connectivity index (χ0v) is 19.8. The number of hydrogen-bond donors (Lipinski definition) is 0. The van der Waals surface area contributed by atoms with Crippen molar-refractivity contribution in [2.45, 2.75) is 119 Å². The molecule has 154 valence electrons. The summed E-state index contributed by atoms with van der Waals surface area (Å²) >= 11 is 0. The van der Waals surface area contributed by atoms with Gasteiger partial charge < -0.3 is 0 Å². The van der Waals surface area contributed by atoms with Crippen molar-refractivity contribution in [1.82, 2.24) is 0 Å². The highest BCUT2D eigenvalue weighted by molar-refractivity contribution is 7.63. The first-order valence-electron chi connectivity index (χ1n) is 12.7. The Hall–Kier alpha value is 0.860. The van der Waals surface area contributed by atoms with Crippen molar-refractivity contribution < 1.29 is 0 Å². The van der Waals surface area contributed by atoms with E-state index in [2.05, 4.69) is 6.66 Å². The molecule has 0 saturated heterocycles. The van der Waals surface area contributed by atoms with Crippen molar-refractivity contribution in [2.75, 3.05) is 19.0 Å². The molecule has 0 heterocycles. The minimum absolute atomic E-state index is 0.287. The highest BCUT2D eigenvalue weighted by Crippen LogP contribution is 2.68.